The smallest absolute Gasteiger partial charge is 0.315 e. The largest absolute Gasteiger partial charge is 0.459 e. The van der Waals surface area contributed by atoms with Gasteiger partial charge < -0.3 is 4.42 Å². The number of fused-ring (bicyclic) bond motifs is 1. The maximum absolute atomic E-state index is 12.2. The number of halogens is 1. The maximum Gasteiger partial charge on any atom is 0.315 e. The van der Waals surface area contributed by atoms with E-state index >= 15 is 0 Å². The molecule has 0 atom stereocenters. The average molecular weight is 295 g/mol. The summed E-state index contributed by atoms with van der Waals surface area (Å²) in [4.78, 5) is 20.5. The Hall–Kier alpha value is -1.86. The minimum Gasteiger partial charge on any atom is -0.459 e. The summed E-state index contributed by atoms with van der Waals surface area (Å²) in [6, 6.07) is 3.20. The zero-order valence-electron chi connectivity index (χ0n) is 9.70. The normalized spacial score (nSPS) is 11.1. The van der Waals surface area contributed by atoms with E-state index in [1.807, 2.05) is 6.26 Å². The number of thioether (sulfide) groups is 1. The van der Waals surface area contributed by atoms with Crippen molar-refractivity contribution in [2.75, 3.05) is 6.26 Å². The molecular weight excluding hydrogens is 288 g/mol. The van der Waals surface area contributed by atoms with Crippen LogP contribution in [0.4, 0.5) is 0 Å². The summed E-state index contributed by atoms with van der Waals surface area (Å²) in [5.74, 6) is -0.216. The number of nitrogens with zero attached hydrogens (tertiary/aromatic N) is 4. The van der Waals surface area contributed by atoms with Crippen LogP contribution in [0.2, 0.25) is 5.15 Å². The predicted molar refractivity (Wildman–Crippen MR) is 70.6 cm³/mol. The van der Waals surface area contributed by atoms with Gasteiger partial charge in [-0.05, 0) is 18.4 Å². The monoisotopic (exact) mass is 294 g/mol. The molecule has 0 saturated carbocycles. The van der Waals surface area contributed by atoms with Gasteiger partial charge in [0.05, 0.1) is 17.8 Å². The van der Waals surface area contributed by atoms with Crippen molar-refractivity contribution in [3.05, 3.63) is 35.5 Å². The molecule has 96 valence electrons. The number of carbonyl (C=O) groups is 1. The van der Waals surface area contributed by atoms with Gasteiger partial charge in [0.15, 0.2) is 16.6 Å². The Morgan fingerprint density at radius 3 is 3.00 bits per heavy atom. The topological polar surface area (TPSA) is 73.8 Å². The number of hydrogen-bond acceptors (Lipinski definition) is 6. The molecular formula is C11H7ClN4O2S. The molecule has 0 fully saturated rings. The molecule has 0 aromatic carbocycles. The van der Waals surface area contributed by atoms with Gasteiger partial charge in [-0.2, -0.15) is 9.78 Å². The van der Waals surface area contributed by atoms with Crippen molar-refractivity contribution < 1.29 is 9.21 Å². The minimum atomic E-state index is -0.401. The molecule has 3 aromatic heterocycles. The molecule has 0 bridgehead atoms. The first-order chi connectivity index (χ1) is 9.20. The molecule has 8 heteroatoms. The van der Waals surface area contributed by atoms with E-state index in [1.165, 1.54) is 24.2 Å². The zero-order chi connectivity index (χ0) is 13.4. The average Bonchev–Trinajstić information content (AvgIpc) is 3.07. The quantitative estimate of drug-likeness (QED) is 0.411. The van der Waals surface area contributed by atoms with E-state index in [2.05, 4.69) is 15.1 Å². The summed E-state index contributed by atoms with van der Waals surface area (Å²) < 4.78 is 6.22. The van der Waals surface area contributed by atoms with Crippen LogP contribution in [0.5, 0.6) is 0 Å². The highest BCUT2D eigenvalue weighted by molar-refractivity contribution is 7.98. The van der Waals surface area contributed by atoms with Crippen molar-refractivity contribution in [2.24, 2.45) is 0 Å². The fraction of sp³-hybridized carbons (Fsp3) is 0.0909. The lowest BCUT2D eigenvalue weighted by Crippen LogP contribution is -2.13. The lowest BCUT2D eigenvalue weighted by atomic mass is 10.4. The summed E-state index contributed by atoms with van der Waals surface area (Å²) in [6.45, 7) is 0. The molecule has 0 radical (unpaired) electrons. The van der Waals surface area contributed by atoms with Gasteiger partial charge in [-0.15, -0.1) is 0 Å². The Bertz CT molecular complexity index is 753. The van der Waals surface area contributed by atoms with E-state index in [0.29, 0.717) is 16.2 Å². The van der Waals surface area contributed by atoms with E-state index < -0.39 is 5.91 Å². The molecule has 6 nitrogen and oxygen atoms in total. The minimum absolute atomic E-state index is 0.186. The summed E-state index contributed by atoms with van der Waals surface area (Å²) in [6.07, 6.45) is 4.71. The van der Waals surface area contributed by atoms with Crippen LogP contribution in [0, 0.1) is 0 Å². The van der Waals surface area contributed by atoms with Gasteiger partial charge in [0.1, 0.15) is 5.15 Å². The third kappa shape index (κ3) is 2.00. The molecule has 0 aliphatic heterocycles. The second kappa shape index (κ2) is 4.67. The first kappa shape index (κ1) is 12.2. The van der Waals surface area contributed by atoms with E-state index in [-0.39, 0.29) is 10.9 Å². The van der Waals surface area contributed by atoms with Crippen LogP contribution in [-0.4, -0.2) is 31.9 Å². The number of furan rings is 1. The first-order valence-corrected chi connectivity index (χ1v) is 6.84. The Kier molecular flexibility index (Phi) is 3.00. The zero-order valence-corrected chi connectivity index (χ0v) is 11.3. The highest BCUT2D eigenvalue weighted by Gasteiger charge is 2.19. The lowest BCUT2D eigenvalue weighted by Gasteiger charge is -2.01. The fourth-order valence-electron chi connectivity index (χ4n) is 1.60. The van der Waals surface area contributed by atoms with Crippen LogP contribution in [0.25, 0.3) is 11.0 Å². The van der Waals surface area contributed by atoms with E-state index in [1.54, 1.807) is 12.1 Å². The highest BCUT2D eigenvalue weighted by atomic mass is 35.5. The van der Waals surface area contributed by atoms with Gasteiger partial charge in [-0.1, -0.05) is 23.4 Å². The van der Waals surface area contributed by atoms with Crippen molar-refractivity contribution in [3.8, 4) is 0 Å². The maximum atomic E-state index is 12.2. The molecule has 0 aliphatic rings. The van der Waals surface area contributed by atoms with Gasteiger partial charge in [0.25, 0.3) is 0 Å². The molecule has 3 heterocycles. The summed E-state index contributed by atoms with van der Waals surface area (Å²) in [5, 5.41) is 5.27. The highest BCUT2D eigenvalue weighted by Crippen LogP contribution is 2.23. The van der Waals surface area contributed by atoms with Gasteiger partial charge in [0, 0.05) is 0 Å². The Morgan fingerprint density at radius 2 is 2.32 bits per heavy atom. The van der Waals surface area contributed by atoms with Crippen LogP contribution < -0.4 is 0 Å². The second-order valence-corrected chi connectivity index (χ2v) is 4.71. The van der Waals surface area contributed by atoms with Crippen molar-refractivity contribution in [2.45, 2.75) is 5.16 Å². The Labute approximate surface area is 116 Å². The predicted octanol–water partition coefficient (Wildman–Crippen LogP) is 2.48. The summed E-state index contributed by atoms with van der Waals surface area (Å²) in [7, 11) is 0. The van der Waals surface area contributed by atoms with Gasteiger partial charge in [-0.25, -0.2) is 9.97 Å². The molecule has 0 amide bonds. The number of rotatable bonds is 2. The van der Waals surface area contributed by atoms with Crippen molar-refractivity contribution >= 4 is 40.3 Å². The summed E-state index contributed by atoms with van der Waals surface area (Å²) in [5.41, 5.74) is 0.366. The van der Waals surface area contributed by atoms with Crippen molar-refractivity contribution in [1.29, 1.82) is 0 Å². The molecule has 0 spiro atoms. The van der Waals surface area contributed by atoms with E-state index in [9.17, 15) is 4.79 Å². The van der Waals surface area contributed by atoms with Crippen molar-refractivity contribution in [1.82, 2.24) is 19.7 Å². The standard InChI is InChI=1S/C11H7ClN4O2S/c1-19-11-14-8(12)6-5-13-16(9(6)15-11)10(17)7-3-2-4-18-7/h2-5H,1H3. The first-order valence-electron chi connectivity index (χ1n) is 5.24. The molecule has 19 heavy (non-hydrogen) atoms. The van der Waals surface area contributed by atoms with E-state index in [0.717, 1.165) is 4.68 Å². The van der Waals surface area contributed by atoms with Crippen molar-refractivity contribution in [3.63, 3.8) is 0 Å². The Balaban J connectivity index is 2.20. The molecule has 0 N–H and O–H groups in total. The molecule has 0 aliphatic carbocycles. The fourth-order valence-corrected chi connectivity index (χ4v) is 2.22. The third-order valence-corrected chi connectivity index (χ3v) is 3.30. The molecule has 3 aromatic rings. The number of hydrogen-bond donors (Lipinski definition) is 0. The lowest BCUT2D eigenvalue weighted by molar-refractivity contribution is 0.0922. The van der Waals surface area contributed by atoms with Crippen LogP contribution in [0.1, 0.15) is 10.6 Å². The third-order valence-electron chi connectivity index (χ3n) is 2.47. The molecule has 0 unspecified atom stereocenters. The SMILES string of the molecule is CSc1nc(Cl)c2cnn(C(=O)c3ccco3)c2n1. The summed E-state index contributed by atoms with van der Waals surface area (Å²) >= 11 is 7.37. The van der Waals surface area contributed by atoms with Gasteiger partial charge in [0.2, 0.25) is 0 Å². The second-order valence-electron chi connectivity index (χ2n) is 3.58. The van der Waals surface area contributed by atoms with Gasteiger partial charge >= 0.3 is 5.91 Å². The number of aromatic nitrogens is 4. The van der Waals surface area contributed by atoms with Crippen LogP contribution >= 0.6 is 23.4 Å². The van der Waals surface area contributed by atoms with Gasteiger partial charge in [-0.3, -0.25) is 4.79 Å². The van der Waals surface area contributed by atoms with Crippen LogP contribution in [-0.2, 0) is 0 Å². The molecule has 0 saturated heterocycles. The van der Waals surface area contributed by atoms with E-state index in [4.69, 9.17) is 16.0 Å². The van der Waals surface area contributed by atoms with Crippen LogP contribution in [0.15, 0.2) is 34.2 Å². The van der Waals surface area contributed by atoms with Crippen LogP contribution in [0.3, 0.4) is 0 Å². The number of carbonyl (C=O) groups excluding carboxylic acids is 1. The Morgan fingerprint density at radius 1 is 1.47 bits per heavy atom. The molecule has 3 rings (SSSR count).